The minimum atomic E-state index is -0.656. The number of amides is 2. The number of aromatic nitrogens is 1. The molecule has 6 heteroatoms. The van der Waals surface area contributed by atoms with Gasteiger partial charge in [0.1, 0.15) is 6.04 Å². The van der Waals surface area contributed by atoms with Gasteiger partial charge in [-0.3, -0.25) is 9.59 Å². The van der Waals surface area contributed by atoms with Crippen molar-refractivity contribution in [3.05, 3.63) is 29.8 Å². The summed E-state index contributed by atoms with van der Waals surface area (Å²) < 4.78 is 12.6. The third-order valence-electron chi connectivity index (χ3n) is 2.42. The van der Waals surface area contributed by atoms with Crippen LogP contribution in [0.3, 0.4) is 0 Å². The molecule has 0 radical (unpaired) electrons. The molecule has 104 valence electrons. The van der Waals surface area contributed by atoms with Gasteiger partial charge in [0.05, 0.1) is 5.56 Å². The SMILES string of the molecule is CC(C)CNC(=O)C(C)NC(=O)c1ccc(F)nc1. The van der Waals surface area contributed by atoms with E-state index in [1.807, 2.05) is 13.8 Å². The van der Waals surface area contributed by atoms with Crippen molar-refractivity contribution in [3.8, 4) is 0 Å². The summed E-state index contributed by atoms with van der Waals surface area (Å²) >= 11 is 0. The number of hydrogen-bond acceptors (Lipinski definition) is 3. The topological polar surface area (TPSA) is 71.1 Å². The molecule has 0 fully saturated rings. The maximum atomic E-state index is 12.6. The Labute approximate surface area is 111 Å². The Hall–Kier alpha value is -1.98. The first-order valence-electron chi connectivity index (χ1n) is 6.10. The molecule has 0 aliphatic rings. The Bertz CT molecular complexity index is 446. The molecule has 1 aromatic rings. The number of pyridine rings is 1. The van der Waals surface area contributed by atoms with E-state index in [9.17, 15) is 14.0 Å². The van der Waals surface area contributed by atoms with Crippen molar-refractivity contribution >= 4 is 11.8 Å². The highest BCUT2D eigenvalue weighted by atomic mass is 19.1. The molecule has 0 aromatic carbocycles. The highest BCUT2D eigenvalue weighted by molar-refractivity contribution is 5.97. The second kappa shape index (κ2) is 6.82. The molecule has 0 saturated carbocycles. The van der Waals surface area contributed by atoms with E-state index in [4.69, 9.17) is 0 Å². The van der Waals surface area contributed by atoms with E-state index in [-0.39, 0.29) is 11.5 Å². The molecule has 0 bridgehead atoms. The summed E-state index contributed by atoms with van der Waals surface area (Å²) in [7, 11) is 0. The van der Waals surface area contributed by atoms with Crippen LogP contribution < -0.4 is 10.6 Å². The minimum Gasteiger partial charge on any atom is -0.354 e. The van der Waals surface area contributed by atoms with E-state index in [1.54, 1.807) is 6.92 Å². The molecule has 1 rings (SSSR count). The van der Waals surface area contributed by atoms with Crippen molar-refractivity contribution in [1.82, 2.24) is 15.6 Å². The van der Waals surface area contributed by atoms with Crippen molar-refractivity contribution in [2.24, 2.45) is 5.92 Å². The van der Waals surface area contributed by atoms with Gasteiger partial charge in [-0.15, -0.1) is 0 Å². The molecule has 1 aromatic heterocycles. The molecule has 0 spiro atoms. The molecular weight excluding hydrogens is 249 g/mol. The Morgan fingerprint density at radius 3 is 2.53 bits per heavy atom. The second-order valence-electron chi connectivity index (χ2n) is 4.70. The van der Waals surface area contributed by atoms with Crippen LogP contribution in [-0.4, -0.2) is 29.4 Å². The zero-order valence-corrected chi connectivity index (χ0v) is 11.2. The monoisotopic (exact) mass is 267 g/mol. The van der Waals surface area contributed by atoms with Crippen LogP contribution in [0.25, 0.3) is 0 Å². The first-order valence-corrected chi connectivity index (χ1v) is 6.10. The molecule has 2 N–H and O–H groups in total. The zero-order valence-electron chi connectivity index (χ0n) is 11.2. The van der Waals surface area contributed by atoms with E-state index in [1.165, 1.54) is 6.07 Å². The van der Waals surface area contributed by atoms with Crippen LogP contribution in [0.2, 0.25) is 0 Å². The van der Waals surface area contributed by atoms with Crippen LogP contribution in [0.1, 0.15) is 31.1 Å². The summed E-state index contributed by atoms with van der Waals surface area (Å²) in [6.45, 7) is 6.10. The smallest absolute Gasteiger partial charge is 0.253 e. The quantitative estimate of drug-likeness (QED) is 0.785. The van der Waals surface area contributed by atoms with Gasteiger partial charge < -0.3 is 10.6 Å². The highest BCUT2D eigenvalue weighted by Gasteiger charge is 2.16. The van der Waals surface area contributed by atoms with Gasteiger partial charge in [0.15, 0.2) is 0 Å². The highest BCUT2D eigenvalue weighted by Crippen LogP contribution is 1.99. The standard InChI is InChI=1S/C13H18FN3O2/c1-8(2)6-16-12(18)9(3)17-13(19)10-4-5-11(14)15-7-10/h4-5,7-9H,6H2,1-3H3,(H,16,18)(H,17,19). The first kappa shape index (κ1) is 15.1. The van der Waals surface area contributed by atoms with Gasteiger partial charge in [-0.2, -0.15) is 4.39 Å². The Kier molecular flexibility index (Phi) is 5.41. The molecular formula is C13H18FN3O2. The molecule has 2 amide bonds. The van der Waals surface area contributed by atoms with E-state index in [0.717, 1.165) is 12.3 Å². The third kappa shape index (κ3) is 5.03. The molecule has 5 nitrogen and oxygen atoms in total. The number of nitrogens with one attached hydrogen (secondary N) is 2. The second-order valence-corrected chi connectivity index (χ2v) is 4.70. The minimum absolute atomic E-state index is 0.213. The zero-order chi connectivity index (χ0) is 14.4. The van der Waals surface area contributed by atoms with Crippen LogP contribution in [0.5, 0.6) is 0 Å². The summed E-state index contributed by atoms with van der Waals surface area (Å²) in [5.41, 5.74) is 0.213. The maximum Gasteiger partial charge on any atom is 0.253 e. The normalized spacial score (nSPS) is 12.1. The Balaban J connectivity index is 2.51. The first-order chi connectivity index (χ1) is 8.90. The number of hydrogen-bond donors (Lipinski definition) is 2. The van der Waals surface area contributed by atoms with Gasteiger partial charge >= 0.3 is 0 Å². The van der Waals surface area contributed by atoms with Gasteiger partial charge in [0.2, 0.25) is 11.9 Å². The fourth-order valence-electron chi connectivity index (χ4n) is 1.31. The fourth-order valence-corrected chi connectivity index (χ4v) is 1.31. The van der Waals surface area contributed by atoms with Crippen molar-refractivity contribution in [1.29, 1.82) is 0 Å². The average molecular weight is 267 g/mol. The number of halogens is 1. The van der Waals surface area contributed by atoms with E-state index >= 15 is 0 Å². The van der Waals surface area contributed by atoms with Gasteiger partial charge in [0, 0.05) is 12.7 Å². The van der Waals surface area contributed by atoms with Crippen LogP contribution in [-0.2, 0) is 4.79 Å². The maximum absolute atomic E-state index is 12.6. The van der Waals surface area contributed by atoms with E-state index in [0.29, 0.717) is 12.5 Å². The summed E-state index contributed by atoms with van der Waals surface area (Å²) in [4.78, 5) is 26.8. The van der Waals surface area contributed by atoms with E-state index in [2.05, 4.69) is 15.6 Å². The summed E-state index contributed by atoms with van der Waals surface area (Å²) in [5, 5.41) is 5.24. The third-order valence-corrected chi connectivity index (χ3v) is 2.42. The Morgan fingerprint density at radius 1 is 1.32 bits per heavy atom. The molecule has 1 unspecified atom stereocenters. The molecule has 0 aliphatic heterocycles. The Morgan fingerprint density at radius 2 is 2.00 bits per heavy atom. The van der Waals surface area contributed by atoms with Crippen LogP contribution in [0.4, 0.5) is 4.39 Å². The lowest BCUT2D eigenvalue weighted by atomic mass is 10.2. The average Bonchev–Trinajstić information content (AvgIpc) is 2.36. The molecule has 1 atom stereocenters. The van der Waals surface area contributed by atoms with Crippen LogP contribution >= 0.6 is 0 Å². The van der Waals surface area contributed by atoms with Gasteiger partial charge in [-0.05, 0) is 25.0 Å². The summed E-state index contributed by atoms with van der Waals surface area (Å²) in [6.07, 6.45) is 1.13. The number of rotatable bonds is 5. The fraction of sp³-hybridized carbons (Fsp3) is 0.462. The predicted molar refractivity (Wildman–Crippen MR) is 69.0 cm³/mol. The summed E-state index contributed by atoms with van der Waals surface area (Å²) in [5.74, 6) is -1.02. The predicted octanol–water partition coefficient (Wildman–Crippen LogP) is 1.11. The van der Waals surface area contributed by atoms with Crippen LogP contribution in [0, 0.1) is 11.9 Å². The molecule has 0 aliphatic carbocycles. The number of carbonyl (C=O) groups is 2. The largest absolute Gasteiger partial charge is 0.354 e. The van der Waals surface area contributed by atoms with Crippen molar-refractivity contribution in [2.75, 3.05) is 6.54 Å². The van der Waals surface area contributed by atoms with Crippen molar-refractivity contribution in [3.63, 3.8) is 0 Å². The van der Waals surface area contributed by atoms with E-state index < -0.39 is 17.9 Å². The van der Waals surface area contributed by atoms with Crippen molar-refractivity contribution < 1.29 is 14.0 Å². The van der Waals surface area contributed by atoms with Crippen molar-refractivity contribution in [2.45, 2.75) is 26.8 Å². The van der Waals surface area contributed by atoms with Crippen LogP contribution in [0.15, 0.2) is 18.3 Å². The summed E-state index contributed by atoms with van der Waals surface area (Å²) in [6, 6.07) is 1.76. The number of nitrogens with zero attached hydrogens (tertiary/aromatic N) is 1. The number of carbonyl (C=O) groups excluding carboxylic acids is 2. The lowest BCUT2D eigenvalue weighted by molar-refractivity contribution is -0.122. The lowest BCUT2D eigenvalue weighted by Gasteiger charge is -2.15. The molecule has 0 saturated heterocycles. The van der Waals surface area contributed by atoms with Gasteiger partial charge in [-0.25, -0.2) is 4.98 Å². The van der Waals surface area contributed by atoms with Gasteiger partial charge in [0.25, 0.3) is 5.91 Å². The molecule has 1 heterocycles. The van der Waals surface area contributed by atoms with Gasteiger partial charge in [-0.1, -0.05) is 13.8 Å². The lowest BCUT2D eigenvalue weighted by Crippen LogP contribution is -2.45. The molecule has 19 heavy (non-hydrogen) atoms.